The number of urea groups is 1. The molecular formula is C29H30FN3O4. The third-order valence-electron chi connectivity index (χ3n) is 6.15. The average molecular weight is 504 g/mol. The molecule has 0 radical (unpaired) electrons. The van der Waals surface area contributed by atoms with Gasteiger partial charge in [0.15, 0.2) is 0 Å². The van der Waals surface area contributed by atoms with Gasteiger partial charge in [-0.3, -0.25) is 9.59 Å². The van der Waals surface area contributed by atoms with Crippen LogP contribution in [0.1, 0.15) is 30.9 Å². The van der Waals surface area contributed by atoms with Gasteiger partial charge in [0.2, 0.25) is 5.91 Å². The fourth-order valence-corrected chi connectivity index (χ4v) is 4.28. The predicted molar refractivity (Wildman–Crippen MR) is 140 cm³/mol. The molecule has 8 heteroatoms. The molecule has 1 atom stereocenters. The highest BCUT2D eigenvalue weighted by atomic mass is 19.1. The first kappa shape index (κ1) is 25.9. The van der Waals surface area contributed by atoms with Crippen LogP contribution in [-0.4, -0.2) is 41.9 Å². The summed E-state index contributed by atoms with van der Waals surface area (Å²) in [6.07, 6.45) is 0.878. The Labute approximate surface area is 215 Å². The molecule has 4 amide bonds. The SMILES string of the molecule is CCCOc1ccc(NC(=O)CC2C(=O)N(c3cccc(C)c3)C(=O)N2CCc2ccccc2F)cc1. The number of imide groups is 1. The van der Waals surface area contributed by atoms with Crippen molar-refractivity contribution in [2.75, 3.05) is 23.4 Å². The number of aryl methyl sites for hydroxylation is 1. The summed E-state index contributed by atoms with van der Waals surface area (Å²) in [4.78, 5) is 42.2. The van der Waals surface area contributed by atoms with Crippen LogP contribution in [0.4, 0.5) is 20.6 Å². The summed E-state index contributed by atoms with van der Waals surface area (Å²) in [7, 11) is 0. The summed E-state index contributed by atoms with van der Waals surface area (Å²) in [5, 5.41) is 2.79. The van der Waals surface area contributed by atoms with Crippen molar-refractivity contribution in [3.05, 3.63) is 89.7 Å². The molecule has 1 heterocycles. The number of halogens is 1. The second-order valence-corrected chi connectivity index (χ2v) is 8.97. The normalized spacial score (nSPS) is 15.3. The van der Waals surface area contributed by atoms with E-state index in [0.717, 1.165) is 16.9 Å². The van der Waals surface area contributed by atoms with Crippen molar-refractivity contribution in [3.63, 3.8) is 0 Å². The van der Waals surface area contributed by atoms with Crippen LogP contribution < -0.4 is 15.0 Å². The molecule has 1 aliphatic heterocycles. The van der Waals surface area contributed by atoms with Crippen molar-refractivity contribution in [1.82, 2.24) is 4.90 Å². The van der Waals surface area contributed by atoms with E-state index in [1.807, 2.05) is 19.9 Å². The maximum atomic E-state index is 14.2. The Kier molecular flexibility index (Phi) is 8.18. The summed E-state index contributed by atoms with van der Waals surface area (Å²) in [6, 6.07) is 18.8. The zero-order chi connectivity index (χ0) is 26.4. The molecule has 1 N–H and O–H groups in total. The van der Waals surface area contributed by atoms with E-state index in [9.17, 15) is 18.8 Å². The Bertz CT molecular complexity index is 1280. The van der Waals surface area contributed by atoms with Gasteiger partial charge in [-0.2, -0.15) is 0 Å². The minimum absolute atomic E-state index is 0.0925. The molecule has 1 fully saturated rings. The Balaban J connectivity index is 1.52. The van der Waals surface area contributed by atoms with Crippen molar-refractivity contribution in [2.24, 2.45) is 0 Å². The first-order valence-electron chi connectivity index (χ1n) is 12.3. The summed E-state index contributed by atoms with van der Waals surface area (Å²) in [6.45, 7) is 4.58. The number of carbonyl (C=O) groups is 3. The summed E-state index contributed by atoms with van der Waals surface area (Å²) in [5.41, 5.74) is 2.32. The van der Waals surface area contributed by atoms with E-state index in [1.54, 1.807) is 60.7 Å². The van der Waals surface area contributed by atoms with Crippen LogP contribution in [0, 0.1) is 12.7 Å². The van der Waals surface area contributed by atoms with Crippen LogP contribution in [0.2, 0.25) is 0 Å². The van der Waals surface area contributed by atoms with Crippen molar-refractivity contribution in [1.29, 1.82) is 0 Å². The van der Waals surface area contributed by atoms with Gasteiger partial charge in [-0.1, -0.05) is 37.3 Å². The predicted octanol–water partition coefficient (Wildman–Crippen LogP) is 5.33. The van der Waals surface area contributed by atoms with Gasteiger partial charge in [-0.25, -0.2) is 14.1 Å². The molecule has 1 unspecified atom stereocenters. The Morgan fingerprint density at radius 2 is 1.78 bits per heavy atom. The first-order valence-corrected chi connectivity index (χ1v) is 12.3. The van der Waals surface area contributed by atoms with Crippen LogP contribution in [-0.2, 0) is 16.0 Å². The van der Waals surface area contributed by atoms with E-state index in [1.165, 1.54) is 11.0 Å². The van der Waals surface area contributed by atoms with E-state index in [0.29, 0.717) is 29.3 Å². The zero-order valence-electron chi connectivity index (χ0n) is 20.9. The lowest BCUT2D eigenvalue weighted by molar-refractivity contribution is -0.124. The highest BCUT2D eigenvalue weighted by Crippen LogP contribution is 2.28. The van der Waals surface area contributed by atoms with Crippen LogP contribution in [0.5, 0.6) is 5.75 Å². The van der Waals surface area contributed by atoms with Gasteiger partial charge >= 0.3 is 6.03 Å². The zero-order valence-corrected chi connectivity index (χ0v) is 20.9. The number of anilines is 2. The van der Waals surface area contributed by atoms with E-state index >= 15 is 0 Å². The van der Waals surface area contributed by atoms with Gasteiger partial charge in [0.05, 0.1) is 18.7 Å². The maximum Gasteiger partial charge on any atom is 0.332 e. The Hall–Kier alpha value is -4.20. The molecule has 1 aliphatic rings. The molecule has 1 saturated heterocycles. The molecule has 192 valence electrons. The second-order valence-electron chi connectivity index (χ2n) is 8.97. The monoisotopic (exact) mass is 503 g/mol. The maximum absolute atomic E-state index is 14.2. The van der Waals surface area contributed by atoms with Crippen LogP contribution in [0.25, 0.3) is 0 Å². The van der Waals surface area contributed by atoms with Gasteiger partial charge < -0.3 is 15.0 Å². The van der Waals surface area contributed by atoms with Crippen LogP contribution >= 0.6 is 0 Å². The molecule has 0 saturated carbocycles. The number of rotatable bonds is 10. The Morgan fingerprint density at radius 1 is 1.03 bits per heavy atom. The second kappa shape index (κ2) is 11.7. The van der Waals surface area contributed by atoms with Gasteiger partial charge in [-0.05, 0) is 73.4 Å². The molecule has 3 aromatic carbocycles. The molecule has 7 nitrogen and oxygen atoms in total. The van der Waals surface area contributed by atoms with Gasteiger partial charge in [0, 0.05) is 12.2 Å². The molecule has 3 aromatic rings. The number of hydrogen-bond acceptors (Lipinski definition) is 4. The molecule has 0 bridgehead atoms. The minimum atomic E-state index is -1.01. The third-order valence-corrected chi connectivity index (χ3v) is 6.15. The lowest BCUT2D eigenvalue weighted by Gasteiger charge is -2.21. The molecule has 0 aliphatic carbocycles. The number of nitrogens with zero attached hydrogens (tertiary/aromatic N) is 2. The topological polar surface area (TPSA) is 79.0 Å². The quantitative estimate of drug-likeness (QED) is 0.379. The number of nitrogens with one attached hydrogen (secondary N) is 1. The van der Waals surface area contributed by atoms with Gasteiger partial charge in [-0.15, -0.1) is 0 Å². The summed E-state index contributed by atoms with van der Waals surface area (Å²) < 4.78 is 19.8. The van der Waals surface area contributed by atoms with E-state index in [-0.39, 0.29) is 25.2 Å². The number of carbonyl (C=O) groups excluding carboxylic acids is 3. The highest BCUT2D eigenvalue weighted by molar-refractivity contribution is 6.22. The number of hydrogen-bond donors (Lipinski definition) is 1. The highest BCUT2D eigenvalue weighted by Gasteiger charge is 2.46. The van der Waals surface area contributed by atoms with E-state index < -0.39 is 23.9 Å². The van der Waals surface area contributed by atoms with Crippen LogP contribution in [0.15, 0.2) is 72.8 Å². The standard InChI is InChI=1S/C29H30FN3O4/c1-3-17-37-24-13-11-22(12-14-24)31-27(34)19-26-28(35)33(23-9-6-7-20(2)18-23)29(36)32(26)16-15-21-8-4-5-10-25(21)30/h4-14,18,26H,3,15-17,19H2,1-2H3,(H,31,34). The van der Waals surface area contributed by atoms with Gasteiger partial charge in [0.1, 0.15) is 17.6 Å². The molecule has 37 heavy (non-hydrogen) atoms. The van der Waals surface area contributed by atoms with Gasteiger partial charge in [0.25, 0.3) is 5.91 Å². The van der Waals surface area contributed by atoms with Crippen molar-refractivity contribution in [3.8, 4) is 5.75 Å². The first-order chi connectivity index (χ1) is 17.9. The van der Waals surface area contributed by atoms with Crippen molar-refractivity contribution < 1.29 is 23.5 Å². The molecule has 0 spiro atoms. The van der Waals surface area contributed by atoms with E-state index in [2.05, 4.69) is 5.32 Å². The minimum Gasteiger partial charge on any atom is -0.494 e. The summed E-state index contributed by atoms with van der Waals surface area (Å²) in [5.74, 6) is -0.570. The number of amides is 4. The number of benzene rings is 3. The number of ether oxygens (including phenoxy) is 1. The molecule has 4 rings (SSSR count). The molecular weight excluding hydrogens is 473 g/mol. The summed E-state index contributed by atoms with van der Waals surface area (Å²) >= 11 is 0. The third kappa shape index (κ3) is 6.14. The molecule has 0 aromatic heterocycles. The van der Waals surface area contributed by atoms with Crippen molar-refractivity contribution in [2.45, 2.75) is 39.2 Å². The average Bonchev–Trinajstić information content (AvgIpc) is 3.11. The van der Waals surface area contributed by atoms with Crippen LogP contribution in [0.3, 0.4) is 0 Å². The smallest absolute Gasteiger partial charge is 0.332 e. The fraction of sp³-hybridized carbons (Fsp3) is 0.276. The largest absolute Gasteiger partial charge is 0.494 e. The lowest BCUT2D eigenvalue weighted by Crippen LogP contribution is -2.39. The van der Waals surface area contributed by atoms with E-state index in [4.69, 9.17) is 4.74 Å². The Morgan fingerprint density at radius 3 is 2.49 bits per heavy atom. The fourth-order valence-electron chi connectivity index (χ4n) is 4.28. The lowest BCUT2D eigenvalue weighted by atomic mass is 10.1. The van der Waals surface area contributed by atoms with Crippen molar-refractivity contribution >= 4 is 29.2 Å².